The van der Waals surface area contributed by atoms with Crippen LogP contribution in [0.1, 0.15) is 59.4 Å². The number of ether oxygens (including phenoxy) is 3. The summed E-state index contributed by atoms with van der Waals surface area (Å²) in [5.41, 5.74) is 2.53. The number of hydrogen-bond donors (Lipinski definition) is 1. The molecule has 31 heavy (non-hydrogen) atoms. The highest BCUT2D eigenvalue weighted by atomic mass is 19.3. The third kappa shape index (κ3) is 4.24. The number of esters is 1. The van der Waals surface area contributed by atoms with E-state index in [0.717, 1.165) is 5.56 Å². The molecule has 0 spiro atoms. The van der Waals surface area contributed by atoms with E-state index in [2.05, 4.69) is 15.3 Å². The summed E-state index contributed by atoms with van der Waals surface area (Å²) in [5, 5.41) is 3.33. The Balaban J connectivity index is 1.71. The van der Waals surface area contributed by atoms with Crippen molar-refractivity contribution in [2.24, 2.45) is 0 Å². The van der Waals surface area contributed by atoms with Gasteiger partial charge in [0, 0.05) is 12.0 Å². The average molecular weight is 433 g/mol. The van der Waals surface area contributed by atoms with Crippen molar-refractivity contribution in [3.05, 3.63) is 52.0 Å². The lowest BCUT2D eigenvalue weighted by Crippen LogP contribution is -2.19. The number of carbonyl (C=O) groups is 1. The zero-order chi connectivity index (χ0) is 22.2. The molecule has 2 heterocycles. The molecule has 7 nitrogen and oxygen atoms in total. The van der Waals surface area contributed by atoms with E-state index in [4.69, 9.17) is 14.2 Å². The maximum Gasteiger partial charge on any atom is 0.311 e. The predicted octanol–water partition coefficient (Wildman–Crippen LogP) is 3.76. The van der Waals surface area contributed by atoms with Crippen LogP contribution in [0.4, 0.5) is 14.6 Å². The van der Waals surface area contributed by atoms with Crippen LogP contribution >= 0.6 is 0 Å². The summed E-state index contributed by atoms with van der Waals surface area (Å²) in [4.78, 5) is 20.9. The number of alkyl halides is 2. The highest BCUT2D eigenvalue weighted by Gasteiger charge is 2.40. The fourth-order valence-electron chi connectivity index (χ4n) is 4.20. The van der Waals surface area contributed by atoms with Crippen molar-refractivity contribution in [2.45, 2.75) is 51.4 Å². The molecule has 1 atom stereocenters. The van der Waals surface area contributed by atoms with Gasteiger partial charge >= 0.3 is 5.97 Å². The number of nitrogens with zero attached hydrogens (tertiary/aromatic N) is 2. The van der Waals surface area contributed by atoms with Crippen molar-refractivity contribution in [2.75, 3.05) is 25.6 Å². The Morgan fingerprint density at radius 3 is 2.77 bits per heavy atom. The normalized spacial score (nSPS) is 18.6. The second-order valence-corrected chi connectivity index (χ2v) is 7.75. The van der Waals surface area contributed by atoms with Crippen molar-refractivity contribution in [1.82, 2.24) is 9.97 Å². The van der Waals surface area contributed by atoms with Crippen LogP contribution in [0.15, 0.2) is 18.2 Å². The van der Waals surface area contributed by atoms with E-state index in [1.54, 1.807) is 13.0 Å². The first-order valence-electron chi connectivity index (χ1n) is 10.2. The van der Waals surface area contributed by atoms with E-state index in [1.165, 1.54) is 13.2 Å². The molecule has 1 saturated heterocycles. The van der Waals surface area contributed by atoms with E-state index in [0.29, 0.717) is 48.1 Å². The molecule has 1 aromatic heterocycles. The quantitative estimate of drug-likeness (QED) is 0.695. The molecule has 0 radical (unpaired) electrons. The van der Waals surface area contributed by atoms with Crippen molar-refractivity contribution in [3.8, 4) is 0 Å². The Hall–Kier alpha value is -2.65. The van der Waals surface area contributed by atoms with Gasteiger partial charge in [-0.2, -0.15) is 0 Å². The summed E-state index contributed by atoms with van der Waals surface area (Å²) in [6, 6.07) is 4.69. The third-order valence-electron chi connectivity index (χ3n) is 5.65. The van der Waals surface area contributed by atoms with Crippen LogP contribution in [0, 0.1) is 6.92 Å². The summed E-state index contributed by atoms with van der Waals surface area (Å²) >= 11 is 0. The van der Waals surface area contributed by atoms with Crippen molar-refractivity contribution >= 4 is 11.8 Å². The highest BCUT2D eigenvalue weighted by molar-refractivity contribution is 5.73. The number of benzene rings is 1. The minimum atomic E-state index is -2.80. The minimum absolute atomic E-state index is 0.0611. The van der Waals surface area contributed by atoms with E-state index < -0.39 is 18.2 Å². The van der Waals surface area contributed by atoms with Gasteiger partial charge in [0.15, 0.2) is 6.29 Å². The van der Waals surface area contributed by atoms with Crippen LogP contribution in [0.5, 0.6) is 0 Å². The van der Waals surface area contributed by atoms with Crippen LogP contribution in [0.2, 0.25) is 0 Å². The fraction of sp³-hybridized carbons (Fsp3) is 0.500. The van der Waals surface area contributed by atoms with E-state index in [-0.39, 0.29) is 24.4 Å². The zero-order valence-electron chi connectivity index (χ0n) is 17.7. The minimum Gasteiger partial charge on any atom is -0.469 e. The molecule has 9 heteroatoms. The van der Waals surface area contributed by atoms with Crippen LogP contribution in [-0.2, 0) is 37.8 Å². The number of methoxy groups -OCH3 is 1. The topological polar surface area (TPSA) is 82.6 Å². The lowest BCUT2D eigenvalue weighted by Gasteiger charge is -2.23. The van der Waals surface area contributed by atoms with E-state index in [9.17, 15) is 13.6 Å². The van der Waals surface area contributed by atoms with Gasteiger partial charge in [0.1, 0.15) is 11.6 Å². The first kappa shape index (κ1) is 21.6. The van der Waals surface area contributed by atoms with Crippen LogP contribution in [-0.4, -0.2) is 36.3 Å². The summed E-state index contributed by atoms with van der Waals surface area (Å²) in [6.45, 7) is 4.43. The molecule has 1 N–H and O–H groups in total. The molecule has 4 rings (SSSR count). The fourth-order valence-corrected chi connectivity index (χ4v) is 4.20. The lowest BCUT2D eigenvalue weighted by atomic mass is 9.97. The van der Waals surface area contributed by atoms with Gasteiger partial charge in [-0.1, -0.05) is 18.2 Å². The molecular formula is C22H25F2N3O4. The number of aromatic nitrogens is 2. The SMILES string of the molecule is COC(=O)Cc1nc(C)nc(NC(C)c2cccc3c2CCC3(F)F)c1C1OCCO1. The summed E-state index contributed by atoms with van der Waals surface area (Å²) in [6.07, 6.45) is -0.644. The van der Waals surface area contributed by atoms with Gasteiger partial charge in [-0.05, 0) is 31.4 Å². The largest absolute Gasteiger partial charge is 0.469 e. The maximum atomic E-state index is 14.2. The Bertz CT molecular complexity index is 993. The highest BCUT2D eigenvalue weighted by Crippen LogP contribution is 2.44. The van der Waals surface area contributed by atoms with Crippen molar-refractivity contribution in [3.63, 3.8) is 0 Å². The molecule has 2 aromatic rings. The van der Waals surface area contributed by atoms with Crippen molar-refractivity contribution < 1.29 is 27.8 Å². The Morgan fingerprint density at radius 2 is 2.06 bits per heavy atom. The second kappa shape index (κ2) is 8.47. The molecule has 0 amide bonds. The van der Waals surface area contributed by atoms with Gasteiger partial charge in [-0.25, -0.2) is 18.7 Å². The molecular weight excluding hydrogens is 408 g/mol. The number of anilines is 1. The van der Waals surface area contributed by atoms with Crippen LogP contribution < -0.4 is 5.32 Å². The van der Waals surface area contributed by atoms with Crippen LogP contribution in [0.3, 0.4) is 0 Å². The standard InChI is InChI=1S/C22H25F2N3O4/c1-12(14-5-4-6-16-15(14)7-8-22(16,23)24)25-20-19(21-30-9-10-31-21)17(11-18(28)29-3)26-13(2)27-20/h4-6,12,21H,7-11H2,1-3H3,(H,25,26,27). The number of halogens is 2. The predicted molar refractivity (Wildman–Crippen MR) is 108 cm³/mol. The molecule has 1 aliphatic carbocycles. The lowest BCUT2D eigenvalue weighted by molar-refractivity contribution is -0.139. The van der Waals surface area contributed by atoms with Gasteiger partial charge in [0.2, 0.25) is 0 Å². The molecule has 1 aromatic carbocycles. The number of rotatable bonds is 6. The molecule has 1 aliphatic heterocycles. The number of nitrogens with one attached hydrogen (secondary N) is 1. The summed E-state index contributed by atoms with van der Waals surface area (Å²) in [5.74, 6) is -2.34. The number of hydrogen-bond acceptors (Lipinski definition) is 7. The van der Waals surface area contributed by atoms with Crippen LogP contribution in [0.25, 0.3) is 0 Å². The van der Waals surface area contributed by atoms with Gasteiger partial charge in [-0.3, -0.25) is 4.79 Å². The third-order valence-corrected chi connectivity index (χ3v) is 5.65. The smallest absolute Gasteiger partial charge is 0.311 e. The summed E-state index contributed by atoms with van der Waals surface area (Å²) in [7, 11) is 1.31. The van der Waals surface area contributed by atoms with E-state index >= 15 is 0 Å². The molecule has 1 unspecified atom stereocenters. The van der Waals surface area contributed by atoms with Crippen molar-refractivity contribution in [1.29, 1.82) is 0 Å². The number of fused-ring (bicyclic) bond motifs is 1. The molecule has 2 aliphatic rings. The van der Waals surface area contributed by atoms with Gasteiger partial charge in [-0.15, -0.1) is 0 Å². The average Bonchev–Trinajstić information content (AvgIpc) is 3.35. The Morgan fingerprint density at radius 1 is 1.32 bits per heavy atom. The van der Waals surface area contributed by atoms with Gasteiger partial charge < -0.3 is 19.5 Å². The number of aryl methyl sites for hydroxylation is 1. The molecule has 0 saturated carbocycles. The molecule has 0 bridgehead atoms. The zero-order valence-corrected chi connectivity index (χ0v) is 17.7. The Labute approximate surface area is 179 Å². The molecule has 1 fully saturated rings. The first-order chi connectivity index (χ1) is 14.8. The Kier molecular flexibility index (Phi) is 5.90. The maximum absolute atomic E-state index is 14.2. The van der Waals surface area contributed by atoms with Gasteiger partial charge in [0.05, 0.1) is 44.0 Å². The molecule has 166 valence electrons. The van der Waals surface area contributed by atoms with Gasteiger partial charge in [0.25, 0.3) is 5.92 Å². The summed E-state index contributed by atoms with van der Waals surface area (Å²) < 4.78 is 44.6. The van der Waals surface area contributed by atoms with E-state index in [1.807, 2.05) is 13.0 Å². The number of carbonyl (C=O) groups excluding carboxylic acids is 1. The monoisotopic (exact) mass is 433 g/mol. The first-order valence-corrected chi connectivity index (χ1v) is 10.2. The second-order valence-electron chi connectivity index (χ2n) is 7.75.